The molecule has 1 aliphatic carbocycles. The van der Waals surface area contributed by atoms with Crippen LogP contribution in [0.5, 0.6) is 0 Å². The average Bonchev–Trinajstić information content (AvgIpc) is 2.91. The van der Waals surface area contributed by atoms with Crippen molar-refractivity contribution in [2.24, 2.45) is 0 Å². The summed E-state index contributed by atoms with van der Waals surface area (Å²) in [6.07, 6.45) is -2.74. The fraction of sp³-hybridized carbons (Fsp3) is 0.690. The highest BCUT2D eigenvalue weighted by Gasteiger charge is 2.44. The summed E-state index contributed by atoms with van der Waals surface area (Å²) in [7, 11) is 0. The van der Waals surface area contributed by atoms with Crippen LogP contribution in [0.1, 0.15) is 70.4 Å². The van der Waals surface area contributed by atoms with Crippen LogP contribution in [-0.2, 0) is 35.1 Å². The van der Waals surface area contributed by atoms with E-state index in [9.17, 15) is 34.8 Å². The predicted molar refractivity (Wildman–Crippen MR) is 148 cm³/mol. The van der Waals surface area contributed by atoms with E-state index in [1.165, 1.54) is 0 Å². The number of hydrogen-bond donors (Lipinski definition) is 6. The number of benzene rings is 1. The first kappa shape index (κ1) is 35.4. The van der Waals surface area contributed by atoms with Gasteiger partial charge in [-0.3, -0.25) is 4.79 Å². The van der Waals surface area contributed by atoms with Gasteiger partial charge in [0.05, 0.1) is 19.6 Å². The molecule has 1 amide bonds. The van der Waals surface area contributed by atoms with E-state index in [2.05, 4.69) is 5.32 Å². The third-order valence-corrected chi connectivity index (χ3v) is 6.61. The molecule has 1 heterocycles. The van der Waals surface area contributed by atoms with Gasteiger partial charge < -0.3 is 49.8 Å². The largest absolute Gasteiger partial charge is 0.480 e. The number of alkyl carbamates (subject to hydrolysis) is 1. The number of rotatable bonds is 9. The zero-order chi connectivity index (χ0) is 31.4. The Labute approximate surface area is 245 Å². The number of esters is 1. The smallest absolute Gasteiger partial charge is 0.408 e. The van der Waals surface area contributed by atoms with Gasteiger partial charge in [0.15, 0.2) is 6.29 Å². The highest BCUT2D eigenvalue weighted by atomic mass is 16.7. The molecule has 6 atom stereocenters. The van der Waals surface area contributed by atoms with Gasteiger partial charge in [-0.25, -0.2) is 9.59 Å². The first-order chi connectivity index (χ1) is 19.7. The third kappa shape index (κ3) is 12.2. The average molecular weight is 600 g/mol. The Balaban J connectivity index is 0.000000294. The van der Waals surface area contributed by atoms with Crippen molar-refractivity contribution in [2.45, 2.75) is 121 Å². The van der Waals surface area contributed by atoms with E-state index in [0.717, 1.165) is 43.2 Å². The molecule has 0 radical (unpaired) electrons. The van der Waals surface area contributed by atoms with Crippen molar-refractivity contribution >= 4 is 18.0 Å². The quantitative estimate of drug-likeness (QED) is 0.224. The summed E-state index contributed by atoms with van der Waals surface area (Å²) in [5.74, 6) is -1.91. The summed E-state index contributed by atoms with van der Waals surface area (Å²) in [5, 5.41) is 49.4. The van der Waals surface area contributed by atoms with E-state index in [4.69, 9.17) is 24.1 Å². The lowest BCUT2D eigenvalue weighted by atomic mass is 9.98. The lowest BCUT2D eigenvalue weighted by Gasteiger charge is -2.40. The first-order valence-electron chi connectivity index (χ1n) is 14.1. The number of carboxylic acids is 1. The molecule has 13 heteroatoms. The van der Waals surface area contributed by atoms with Crippen LogP contribution in [0.2, 0.25) is 0 Å². The van der Waals surface area contributed by atoms with Crippen LogP contribution >= 0.6 is 0 Å². The van der Waals surface area contributed by atoms with Crippen LogP contribution < -0.4 is 5.32 Å². The van der Waals surface area contributed by atoms with Crippen molar-refractivity contribution in [3.63, 3.8) is 0 Å². The molecule has 3 rings (SSSR count). The van der Waals surface area contributed by atoms with Gasteiger partial charge in [-0.2, -0.15) is 0 Å². The molecule has 1 aromatic rings. The number of amides is 1. The highest BCUT2D eigenvalue weighted by molar-refractivity contribution is 5.85. The van der Waals surface area contributed by atoms with Crippen molar-refractivity contribution in [2.75, 3.05) is 6.61 Å². The van der Waals surface area contributed by atoms with Gasteiger partial charge in [0.2, 0.25) is 0 Å². The number of nitrogens with one attached hydrogen (secondary N) is 1. The Morgan fingerprint density at radius 3 is 2.19 bits per heavy atom. The van der Waals surface area contributed by atoms with Crippen LogP contribution in [0, 0.1) is 6.92 Å². The van der Waals surface area contributed by atoms with Crippen molar-refractivity contribution in [3.8, 4) is 0 Å². The van der Waals surface area contributed by atoms with Crippen molar-refractivity contribution in [3.05, 3.63) is 35.4 Å². The van der Waals surface area contributed by atoms with Crippen LogP contribution in [0.4, 0.5) is 4.79 Å². The monoisotopic (exact) mass is 599 g/mol. The maximum absolute atomic E-state index is 11.8. The summed E-state index contributed by atoms with van der Waals surface area (Å²) in [4.78, 5) is 34.6. The predicted octanol–water partition coefficient (Wildman–Crippen LogP) is 1.54. The van der Waals surface area contributed by atoms with Crippen LogP contribution in [0.3, 0.4) is 0 Å². The van der Waals surface area contributed by atoms with Gasteiger partial charge in [0, 0.05) is 0 Å². The normalized spacial score (nSPS) is 25.4. The fourth-order valence-electron chi connectivity index (χ4n) is 4.38. The Morgan fingerprint density at radius 2 is 1.64 bits per heavy atom. The molecule has 13 nitrogen and oxygen atoms in total. The number of ether oxygens (including phenoxy) is 4. The molecule has 2 aliphatic rings. The van der Waals surface area contributed by atoms with Gasteiger partial charge in [0.1, 0.15) is 42.2 Å². The molecule has 238 valence electrons. The van der Waals surface area contributed by atoms with Gasteiger partial charge in [-0.05, 0) is 58.9 Å². The third-order valence-electron chi connectivity index (χ3n) is 6.61. The molecule has 1 aliphatic heterocycles. The van der Waals surface area contributed by atoms with E-state index in [0.29, 0.717) is 0 Å². The van der Waals surface area contributed by atoms with Crippen molar-refractivity contribution in [1.82, 2.24) is 5.32 Å². The van der Waals surface area contributed by atoms with E-state index in [1.807, 2.05) is 31.2 Å². The minimum Gasteiger partial charge on any atom is -0.480 e. The number of carboxylic acid groups (broad SMARTS) is 1. The molecule has 1 unspecified atom stereocenters. The Kier molecular flexibility index (Phi) is 14.1. The maximum Gasteiger partial charge on any atom is 0.408 e. The van der Waals surface area contributed by atoms with Crippen LogP contribution in [-0.4, -0.2) is 98.6 Å². The molecule has 0 bridgehead atoms. The molecular weight excluding hydrogens is 554 g/mol. The molecule has 6 N–H and O–H groups in total. The van der Waals surface area contributed by atoms with Gasteiger partial charge in [-0.15, -0.1) is 0 Å². The Morgan fingerprint density at radius 1 is 1.02 bits per heavy atom. The zero-order valence-electron chi connectivity index (χ0n) is 24.6. The second-order valence-electron chi connectivity index (χ2n) is 11.5. The Hall–Kier alpha value is -2.81. The van der Waals surface area contributed by atoms with Crippen LogP contribution in [0.15, 0.2) is 24.3 Å². The number of hydrogen-bond acceptors (Lipinski definition) is 11. The highest BCUT2D eigenvalue weighted by Crippen LogP contribution is 2.24. The lowest BCUT2D eigenvalue weighted by molar-refractivity contribution is -0.295. The van der Waals surface area contributed by atoms with E-state index in [-0.39, 0.29) is 12.7 Å². The van der Waals surface area contributed by atoms with Gasteiger partial charge >= 0.3 is 18.0 Å². The number of aliphatic hydroxyl groups is 4. The summed E-state index contributed by atoms with van der Waals surface area (Å²) in [6.45, 7) is 6.77. The molecule has 1 saturated carbocycles. The summed E-state index contributed by atoms with van der Waals surface area (Å²) in [5.41, 5.74) is 1.29. The second-order valence-corrected chi connectivity index (χ2v) is 11.5. The topological polar surface area (TPSA) is 201 Å². The molecule has 0 aromatic heterocycles. The minimum atomic E-state index is -1.53. The fourth-order valence-corrected chi connectivity index (χ4v) is 4.38. The summed E-state index contributed by atoms with van der Waals surface area (Å²) < 4.78 is 20.8. The molecule has 0 spiro atoms. The van der Waals surface area contributed by atoms with E-state index < -0.39 is 73.4 Å². The summed E-state index contributed by atoms with van der Waals surface area (Å²) >= 11 is 0. The van der Waals surface area contributed by atoms with Crippen molar-refractivity contribution < 1.29 is 58.9 Å². The van der Waals surface area contributed by atoms with Gasteiger partial charge in [0.25, 0.3) is 0 Å². The van der Waals surface area contributed by atoms with Crippen LogP contribution in [0.25, 0.3) is 0 Å². The van der Waals surface area contributed by atoms with E-state index >= 15 is 0 Å². The molecule has 2 fully saturated rings. The molecule has 1 saturated heterocycles. The second kappa shape index (κ2) is 16.7. The Bertz CT molecular complexity index is 987. The zero-order valence-corrected chi connectivity index (χ0v) is 24.6. The van der Waals surface area contributed by atoms with Crippen molar-refractivity contribution in [1.29, 1.82) is 0 Å². The standard InChI is InChI=1S/C15H25NO6.C14H20O6/c1-15(2,3)22-14(20)16-11(13(18)19)9-12(17)21-10-7-5-4-6-8-10;1-8-2-4-9(5-3-8)7-19-13-10(6-15)20-14(18)12(17)11(13)16/h10-11H,4-9H2,1-3H3,(H,16,20)(H,18,19);2-5,10-18H,6-7H2,1H3/t11-;10-,11-,12+,13-,14?/m01/s1. The number of carbonyl (C=O) groups excluding carboxylic acids is 2. The lowest BCUT2D eigenvalue weighted by Crippen LogP contribution is -2.59. The summed E-state index contributed by atoms with van der Waals surface area (Å²) in [6, 6.07) is 6.31. The van der Waals surface area contributed by atoms with Gasteiger partial charge in [-0.1, -0.05) is 36.2 Å². The first-order valence-corrected chi connectivity index (χ1v) is 14.1. The number of aliphatic carboxylic acids is 1. The molecule has 42 heavy (non-hydrogen) atoms. The van der Waals surface area contributed by atoms with E-state index in [1.54, 1.807) is 20.8 Å². The number of carbonyl (C=O) groups is 3. The number of aliphatic hydroxyl groups excluding tert-OH is 4. The minimum absolute atomic E-state index is 0.141. The molecule has 1 aromatic carbocycles. The number of aryl methyl sites for hydroxylation is 1. The molecular formula is C29H45NO12. The SMILES string of the molecule is CC(C)(C)OC(=O)N[C@@H](CC(=O)OC1CCCCC1)C(=O)O.Cc1ccc(CO[C@H]2[C@H](O)[C@H](O)C(O)O[C@@H]2CO)cc1. The maximum atomic E-state index is 11.8.